The molecular weight excluding hydrogens is 396 g/mol. The number of rotatable bonds is 3. The molecule has 0 radical (unpaired) electrons. The quantitative estimate of drug-likeness (QED) is 0.727. The second-order valence-electron chi connectivity index (χ2n) is 7.60. The van der Waals surface area contributed by atoms with E-state index >= 15 is 0 Å². The number of fused-ring (bicyclic) bond motifs is 1. The van der Waals surface area contributed by atoms with E-state index < -0.39 is 0 Å². The number of para-hydroxylation sites is 1. The molecule has 0 bridgehead atoms. The van der Waals surface area contributed by atoms with Crippen LogP contribution in [0.15, 0.2) is 24.3 Å². The standard InChI is InChI=1S/C22H24N4O2.CH2O2/c1-14(27)26-11-10-19-18(13-26)21(17(12-23)22(24)25-19)16-8-4-5-9-20(16)28-15-6-2-3-7-15;2-1-3/h4-5,8-9,15H,2-3,6-7,10-11,13H2,1H3,(H2,24,25);1H,(H,2,3). The number of carbonyl (C=O) groups is 2. The Bertz CT molecular complexity index is 1010. The van der Waals surface area contributed by atoms with Crippen LogP contribution in [0.4, 0.5) is 5.82 Å². The van der Waals surface area contributed by atoms with Gasteiger partial charge in [0.1, 0.15) is 23.2 Å². The van der Waals surface area contributed by atoms with E-state index in [-0.39, 0.29) is 24.3 Å². The van der Waals surface area contributed by atoms with Crippen LogP contribution in [0.2, 0.25) is 0 Å². The number of carbonyl (C=O) groups excluding carboxylic acids is 1. The maximum atomic E-state index is 12.0. The summed E-state index contributed by atoms with van der Waals surface area (Å²) in [6.07, 6.45) is 5.30. The second-order valence-corrected chi connectivity index (χ2v) is 7.60. The van der Waals surface area contributed by atoms with Crippen molar-refractivity contribution in [2.75, 3.05) is 12.3 Å². The van der Waals surface area contributed by atoms with Gasteiger partial charge in [0.15, 0.2) is 0 Å². The Morgan fingerprint density at radius 2 is 2.03 bits per heavy atom. The maximum Gasteiger partial charge on any atom is 0.290 e. The van der Waals surface area contributed by atoms with Crippen molar-refractivity contribution in [3.8, 4) is 22.9 Å². The largest absolute Gasteiger partial charge is 0.490 e. The Labute approximate surface area is 181 Å². The molecule has 0 spiro atoms. The number of carboxylic acid groups (broad SMARTS) is 1. The van der Waals surface area contributed by atoms with Gasteiger partial charge in [-0.1, -0.05) is 18.2 Å². The lowest BCUT2D eigenvalue weighted by Gasteiger charge is -2.30. The van der Waals surface area contributed by atoms with Crippen LogP contribution < -0.4 is 10.5 Å². The van der Waals surface area contributed by atoms with Crippen molar-refractivity contribution >= 4 is 18.2 Å². The summed E-state index contributed by atoms with van der Waals surface area (Å²) in [7, 11) is 0. The molecule has 1 amide bonds. The lowest BCUT2D eigenvalue weighted by molar-refractivity contribution is -0.129. The smallest absolute Gasteiger partial charge is 0.290 e. The van der Waals surface area contributed by atoms with E-state index in [1.807, 2.05) is 24.3 Å². The van der Waals surface area contributed by atoms with Crippen LogP contribution in [0, 0.1) is 11.3 Å². The summed E-state index contributed by atoms with van der Waals surface area (Å²) >= 11 is 0. The molecule has 1 aliphatic carbocycles. The highest BCUT2D eigenvalue weighted by Crippen LogP contribution is 2.40. The number of nitrogens with zero attached hydrogens (tertiary/aromatic N) is 3. The molecule has 2 heterocycles. The van der Waals surface area contributed by atoms with Crippen molar-refractivity contribution in [2.24, 2.45) is 0 Å². The van der Waals surface area contributed by atoms with Gasteiger partial charge in [0.25, 0.3) is 6.47 Å². The third-order valence-electron chi connectivity index (χ3n) is 5.69. The molecule has 8 heteroatoms. The molecule has 1 aromatic heterocycles. The van der Waals surface area contributed by atoms with Gasteiger partial charge in [0, 0.05) is 43.1 Å². The van der Waals surface area contributed by atoms with Gasteiger partial charge in [-0.2, -0.15) is 5.26 Å². The molecule has 0 atom stereocenters. The highest BCUT2D eigenvalue weighted by molar-refractivity contribution is 5.83. The van der Waals surface area contributed by atoms with Crippen molar-refractivity contribution in [3.05, 3.63) is 41.1 Å². The topological polar surface area (TPSA) is 130 Å². The van der Waals surface area contributed by atoms with Crippen LogP contribution in [-0.2, 0) is 22.6 Å². The van der Waals surface area contributed by atoms with Gasteiger partial charge in [-0.3, -0.25) is 9.59 Å². The molecule has 0 unspecified atom stereocenters. The first-order chi connectivity index (χ1) is 15.0. The zero-order chi connectivity index (χ0) is 22.4. The molecule has 1 aliphatic heterocycles. The average Bonchev–Trinajstić information content (AvgIpc) is 3.26. The lowest BCUT2D eigenvalue weighted by Crippen LogP contribution is -2.35. The van der Waals surface area contributed by atoms with Crippen LogP contribution in [0.3, 0.4) is 0 Å². The Morgan fingerprint density at radius 3 is 2.68 bits per heavy atom. The minimum absolute atomic E-state index is 0.0161. The fourth-order valence-electron chi connectivity index (χ4n) is 4.22. The van der Waals surface area contributed by atoms with Crippen molar-refractivity contribution < 1.29 is 19.4 Å². The molecule has 0 saturated heterocycles. The fourth-order valence-corrected chi connectivity index (χ4v) is 4.22. The lowest BCUT2D eigenvalue weighted by atomic mass is 9.90. The highest BCUT2D eigenvalue weighted by Gasteiger charge is 2.28. The normalized spacial score (nSPS) is 15.3. The minimum atomic E-state index is -0.250. The van der Waals surface area contributed by atoms with E-state index in [4.69, 9.17) is 20.4 Å². The monoisotopic (exact) mass is 422 g/mol. The van der Waals surface area contributed by atoms with E-state index in [0.717, 1.165) is 41.0 Å². The Balaban J connectivity index is 0.000000858. The SMILES string of the molecule is CC(=O)N1CCc2nc(N)c(C#N)c(-c3ccccc3OC3CCCC3)c2C1.O=CO. The van der Waals surface area contributed by atoms with Crippen molar-refractivity contribution in [1.29, 1.82) is 5.26 Å². The molecule has 2 aliphatic rings. The predicted octanol–water partition coefficient (Wildman–Crippen LogP) is 3.13. The summed E-state index contributed by atoms with van der Waals surface area (Å²) in [4.78, 5) is 26.6. The molecule has 162 valence electrons. The predicted molar refractivity (Wildman–Crippen MR) is 115 cm³/mol. The van der Waals surface area contributed by atoms with Crippen molar-refractivity contribution in [2.45, 2.75) is 51.7 Å². The van der Waals surface area contributed by atoms with Gasteiger partial charge >= 0.3 is 0 Å². The van der Waals surface area contributed by atoms with Gasteiger partial charge in [-0.25, -0.2) is 4.98 Å². The van der Waals surface area contributed by atoms with Crippen LogP contribution >= 0.6 is 0 Å². The summed E-state index contributed by atoms with van der Waals surface area (Å²) in [6.45, 7) is 2.36. The number of ether oxygens (including phenoxy) is 1. The van der Waals surface area contributed by atoms with Crippen LogP contribution in [0.25, 0.3) is 11.1 Å². The van der Waals surface area contributed by atoms with Gasteiger partial charge < -0.3 is 20.5 Å². The number of benzene rings is 1. The van der Waals surface area contributed by atoms with Gasteiger partial charge in [-0.05, 0) is 31.7 Å². The number of amides is 1. The van der Waals surface area contributed by atoms with E-state index in [1.54, 1.807) is 11.8 Å². The van der Waals surface area contributed by atoms with Gasteiger partial charge in [0.2, 0.25) is 5.91 Å². The third kappa shape index (κ3) is 4.77. The average molecular weight is 422 g/mol. The Hall–Kier alpha value is -3.60. The van der Waals surface area contributed by atoms with Gasteiger partial charge in [0.05, 0.1) is 11.8 Å². The number of hydrogen-bond donors (Lipinski definition) is 2. The Morgan fingerprint density at radius 1 is 1.35 bits per heavy atom. The number of nitriles is 1. The summed E-state index contributed by atoms with van der Waals surface area (Å²) in [5.74, 6) is 1.02. The van der Waals surface area contributed by atoms with E-state index in [1.165, 1.54) is 12.8 Å². The van der Waals surface area contributed by atoms with Gasteiger partial charge in [-0.15, -0.1) is 0 Å². The van der Waals surface area contributed by atoms with Crippen molar-refractivity contribution in [3.63, 3.8) is 0 Å². The highest BCUT2D eigenvalue weighted by atomic mass is 16.5. The molecule has 1 fully saturated rings. The second kappa shape index (κ2) is 9.94. The number of nitrogen functional groups attached to an aromatic ring is 1. The number of nitrogens with two attached hydrogens (primary N) is 1. The zero-order valence-corrected chi connectivity index (χ0v) is 17.5. The Kier molecular flexibility index (Phi) is 7.08. The number of pyridine rings is 1. The number of aromatic nitrogens is 1. The zero-order valence-electron chi connectivity index (χ0n) is 17.5. The van der Waals surface area contributed by atoms with Crippen LogP contribution in [0.5, 0.6) is 5.75 Å². The van der Waals surface area contributed by atoms with Crippen molar-refractivity contribution in [1.82, 2.24) is 9.88 Å². The molecule has 1 aromatic carbocycles. The minimum Gasteiger partial charge on any atom is -0.490 e. The van der Waals surface area contributed by atoms with E-state index in [9.17, 15) is 10.1 Å². The molecule has 8 nitrogen and oxygen atoms in total. The summed E-state index contributed by atoms with van der Waals surface area (Å²) < 4.78 is 6.31. The number of hydrogen-bond acceptors (Lipinski definition) is 6. The summed E-state index contributed by atoms with van der Waals surface area (Å²) in [6, 6.07) is 10.0. The fraction of sp³-hybridized carbons (Fsp3) is 0.391. The first kappa shape index (κ1) is 22.1. The van der Waals surface area contributed by atoms with Crippen LogP contribution in [-0.4, -0.2) is 40.0 Å². The molecule has 31 heavy (non-hydrogen) atoms. The molecule has 3 N–H and O–H groups in total. The molecule has 4 rings (SSSR count). The molecular formula is C23H26N4O4. The summed E-state index contributed by atoms with van der Waals surface area (Å²) in [5.41, 5.74) is 9.86. The molecule has 2 aromatic rings. The van der Waals surface area contributed by atoms with E-state index in [2.05, 4.69) is 11.1 Å². The third-order valence-corrected chi connectivity index (χ3v) is 5.69. The first-order valence-corrected chi connectivity index (χ1v) is 10.3. The molecule has 1 saturated carbocycles. The van der Waals surface area contributed by atoms with E-state index in [0.29, 0.717) is 25.1 Å². The maximum absolute atomic E-state index is 12.0. The first-order valence-electron chi connectivity index (χ1n) is 10.3. The van der Waals surface area contributed by atoms with Crippen LogP contribution in [0.1, 0.15) is 49.4 Å². The number of anilines is 1. The summed E-state index contributed by atoms with van der Waals surface area (Å²) in [5, 5.41) is 16.7.